The Balaban J connectivity index is 1.93. The maximum Gasteiger partial charge on any atom is 0.303 e. The molecule has 0 unspecified atom stereocenters. The fourth-order valence-electron chi connectivity index (χ4n) is 4.75. The highest BCUT2D eigenvalue weighted by Crippen LogP contribution is 2.44. The molecule has 0 amide bonds. The van der Waals surface area contributed by atoms with Crippen LogP contribution in [0.2, 0.25) is 0 Å². The molecule has 10 heteroatoms. The van der Waals surface area contributed by atoms with E-state index in [1.807, 2.05) is 54.6 Å². The van der Waals surface area contributed by atoms with Gasteiger partial charge in [-0.1, -0.05) is 48.5 Å². The van der Waals surface area contributed by atoms with E-state index in [2.05, 4.69) is 4.98 Å². The molecule has 0 aliphatic carbocycles. The van der Waals surface area contributed by atoms with Crippen molar-refractivity contribution in [1.29, 1.82) is 0 Å². The molecule has 1 aliphatic heterocycles. The molecule has 10 nitrogen and oxygen atoms in total. The minimum Gasteiger partial charge on any atom is -0.463 e. The summed E-state index contributed by atoms with van der Waals surface area (Å²) in [6.07, 6.45) is -5.71. The fourth-order valence-corrected chi connectivity index (χ4v) is 4.75. The van der Waals surface area contributed by atoms with Crippen LogP contribution in [-0.4, -0.2) is 59.9 Å². The van der Waals surface area contributed by atoms with E-state index in [1.54, 1.807) is 0 Å². The van der Waals surface area contributed by atoms with Crippen LogP contribution in [0.4, 0.5) is 0 Å². The minimum atomic E-state index is -1.25. The number of carbonyl (C=O) groups is 4. The Morgan fingerprint density at radius 1 is 0.737 bits per heavy atom. The lowest BCUT2D eigenvalue weighted by molar-refractivity contribution is -0.254. The highest BCUT2D eigenvalue weighted by atomic mass is 16.7. The van der Waals surface area contributed by atoms with Crippen LogP contribution in [0.5, 0.6) is 0 Å². The number of carbonyl (C=O) groups excluding carboxylic acids is 4. The molecule has 0 radical (unpaired) electrons. The second-order valence-electron chi connectivity index (χ2n) is 8.95. The third kappa shape index (κ3) is 5.86. The van der Waals surface area contributed by atoms with Crippen molar-refractivity contribution in [3.63, 3.8) is 0 Å². The van der Waals surface area contributed by atoms with Crippen LogP contribution in [0, 0.1) is 0 Å². The Labute approximate surface area is 219 Å². The van der Waals surface area contributed by atoms with Crippen molar-refractivity contribution in [3.05, 3.63) is 60.2 Å². The number of nitrogens with one attached hydrogen (secondary N) is 1. The van der Waals surface area contributed by atoms with Gasteiger partial charge in [0.05, 0.1) is 5.69 Å². The zero-order valence-electron chi connectivity index (χ0n) is 21.5. The molecule has 1 N–H and O–H groups in total. The molecule has 4 rings (SSSR count). The summed E-state index contributed by atoms with van der Waals surface area (Å²) in [4.78, 5) is 51.6. The normalized spacial score (nSPS) is 22.9. The third-order valence-corrected chi connectivity index (χ3v) is 6.08. The van der Waals surface area contributed by atoms with E-state index in [0.717, 1.165) is 16.5 Å². The van der Waals surface area contributed by atoms with Crippen molar-refractivity contribution in [2.24, 2.45) is 0 Å². The molecule has 200 valence electrons. The van der Waals surface area contributed by atoms with Gasteiger partial charge in [0.15, 0.2) is 18.3 Å². The third-order valence-electron chi connectivity index (χ3n) is 6.08. The van der Waals surface area contributed by atoms with E-state index in [9.17, 15) is 19.2 Å². The minimum absolute atomic E-state index is 0.294. The Bertz CT molecular complexity index is 1330. The van der Waals surface area contributed by atoms with Gasteiger partial charge in [0.1, 0.15) is 18.8 Å². The van der Waals surface area contributed by atoms with Crippen molar-refractivity contribution in [1.82, 2.24) is 4.98 Å². The van der Waals surface area contributed by atoms with Crippen LogP contribution in [0.1, 0.15) is 39.4 Å². The van der Waals surface area contributed by atoms with Gasteiger partial charge in [-0.25, -0.2) is 0 Å². The maximum atomic E-state index is 12.3. The Morgan fingerprint density at radius 3 is 1.95 bits per heavy atom. The van der Waals surface area contributed by atoms with E-state index < -0.39 is 54.4 Å². The number of esters is 4. The lowest BCUT2D eigenvalue weighted by atomic mass is 9.88. The predicted octanol–water partition coefficient (Wildman–Crippen LogP) is 3.63. The monoisotopic (exact) mass is 523 g/mol. The van der Waals surface area contributed by atoms with Crippen molar-refractivity contribution in [2.45, 2.75) is 58.2 Å². The zero-order chi connectivity index (χ0) is 27.4. The van der Waals surface area contributed by atoms with E-state index in [0.29, 0.717) is 11.3 Å². The first kappa shape index (κ1) is 26.9. The summed E-state index contributed by atoms with van der Waals surface area (Å²) in [6.45, 7) is 4.55. The second kappa shape index (κ2) is 11.5. The Morgan fingerprint density at radius 2 is 1.32 bits per heavy atom. The first-order valence-electron chi connectivity index (χ1n) is 12.1. The number of ether oxygens (including phenoxy) is 5. The smallest absolute Gasteiger partial charge is 0.303 e. The molecular weight excluding hydrogens is 494 g/mol. The summed E-state index contributed by atoms with van der Waals surface area (Å²) < 4.78 is 28.5. The van der Waals surface area contributed by atoms with E-state index in [1.165, 1.54) is 27.7 Å². The van der Waals surface area contributed by atoms with Gasteiger partial charge in [-0.05, 0) is 11.6 Å². The number of fused-ring (bicyclic) bond motifs is 1. The highest BCUT2D eigenvalue weighted by Gasteiger charge is 2.53. The lowest BCUT2D eigenvalue weighted by Crippen LogP contribution is -2.59. The molecule has 0 bridgehead atoms. The lowest BCUT2D eigenvalue weighted by Gasteiger charge is -2.44. The van der Waals surface area contributed by atoms with Crippen molar-refractivity contribution >= 4 is 34.8 Å². The van der Waals surface area contributed by atoms with Crippen LogP contribution in [0.25, 0.3) is 22.2 Å². The summed E-state index contributed by atoms with van der Waals surface area (Å²) in [5, 5.41) is 0.784. The van der Waals surface area contributed by atoms with Crippen LogP contribution < -0.4 is 0 Å². The number of H-pyrrole nitrogens is 1. The number of rotatable bonds is 7. The molecule has 3 aromatic rings. The molecule has 2 aromatic carbocycles. The molecular formula is C28H29NO9. The largest absolute Gasteiger partial charge is 0.463 e. The molecule has 1 saturated heterocycles. The molecule has 2 heterocycles. The van der Waals surface area contributed by atoms with Crippen molar-refractivity contribution < 1.29 is 42.9 Å². The van der Waals surface area contributed by atoms with Gasteiger partial charge in [0.25, 0.3) is 0 Å². The van der Waals surface area contributed by atoms with Gasteiger partial charge in [-0.15, -0.1) is 0 Å². The van der Waals surface area contributed by atoms with E-state index in [-0.39, 0.29) is 6.61 Å². The topological polar surface area (TPSA) is 130 Å². The quantitative estimate of drug-likeness (QED) is 0.364. The van der Waals surface area contributed by atoms with Gasteiger partial charge >= 0.3 is 23.9 Å². The summed E-state index contributed by atoms with van der Waals surface area (Å²) in [5.74, 6) is -2.59. The first-order chi connectivity index (χ1) is 18.2. The van der Waals surface area contributed by atoms with Gasteiger partial charge in [-0.2, -0.15) is 0 Å². The van der Waals surface area contributed by atoms with E-state index in [4.69, 9.17) is 23.7 Å². The zero-order valence-corrected chi connectivity index (χ0v) is 21.5. The number of aromatic nitrogens is 1. The van der Waals surface area contributed by atoms with Crippen LogP contribution >= 0.6 is 0 Å². The first-order valence-corrected chi connectivity index (χ1v) is 12.1. The van der Waals surface area contributed by atoms with Gasteiger partial charge < -0.3 is 28.7 Å². The number of benzene rings is 2. The SMILES string of the molecule is CC(=O)OC[C@H]1O[C@@H](c2c(-c3ccccc3)[nH]c3ccccc23)[C@H](OC(C)=O)[C@@H](OC(C)=O)[C@H]1OC(C)=O. The molecule has 1 aromatic heterocycles. The Hall–Kier alpha value is -4.18. The summed E-state index contributed by atoms with van der Waals surface area (Å²) in [7, 11) is 0. The molecule has 5 atom stereocenters. The predicted molar refractivity (Wildman–Crippen MR) is 135 cm³/mol. The standard InChI is InChI=1S/C28H29NO9/c1-15(30)34-14-22-25(35-16(2)31)27(36-17(3)32)28(37-18(4)33)26(38-22)23-20-12-8-9-13-21(20)29-24(23)19-10-6-5-7-11-19/h5-13,22,25-29H,14H2,1-4H3/t22-,25+,26+,27+,28+/m1/s1. The molecule has 0 saturated carbocycles. The van der Waals surface area contributed by atoms with Gasteiger partial charge in [0, 0.05) is 44.2 Å². The number of para-hydroxylation sites is 1. The Kier molecular flexibility index (Phi) is 8.11. The molecule has 0 spiro atoms. The second-order valence-corrected chi connectivity index (χ2v) is 8.95. The summed E-state index contributed by atoms with van der Waals surface area (Å²) in [6, 6.07) is 17.0. The van der Waals surface area contributed by atoms with Crippen LogP contribution in [0.15, 0.2) is 54.6 Å². The summed E-state index contributed by atoms with van der Waals surface area (Å²) >= 11 is 0. The molecule has 1 fully saturated rings. The van der Waals surface area contributed by atoms with Gasteiger partial charge in [-0.3, -0.25) is 19.2 Å². The number of aromatic amines is 1. The van der Waals surface area contributed by atoms with Gasteiger partial charge in [0.2, 0.25) is 0 Å². The summed E-state index contributed by atoms with van der Waals surface area (Å²) in [5.41, 5.74) is 2.98. The van der Waals surface area contributed by atoms with Crippen molar-refractivity contribution in [2.75, 3.05) is 6.61 Å². The number of hydrogen-bond acceptors (Lipinski definition) is 9. The number of hydrogen-bond donors (Lipinski definition) is 1. The maximum absolute atomic E-state index is 12.3. The average Bonchev–Trinajstić information content (AvgIpc) is 3.24. The van der Waals surface area contributed by atoms with Crippen molar-refractivity contribution in [3.8, 4) is 11.3 Å². The van der Waals surface area contributed by atoms with E-state index >= 15 is 0 Å². The average molecular weight is 524 g/mol. The van der Waals surface area contributed by atoms with Crippen LogP contribution in [0.3, 0.4) is 0 Å². The fraction of sp³-hybridized carbons (Fsp3) is 0.357. The van der Waals surface area contributed by atoms with Crippen LogP contribution in [-0.2, 0) is 42.9 Å². The molecule has 1 aliphatic rings. The molecule has 38 heavy (non-hydrogen) atoms. The highest BCUT2D eigenvalue weighted by molar-refractivity contribution is 5.91.